The number of guanidine groups is 1. The number of ether oxygens (including phenoxy) is 2. The number of aliphatic hydroxyl groups excluding tert-OH is 1. The van der Waals surface area contributed by atoms with Gasteiger partial charge in [-0.25, -0.2) is 14.2 Å². The monoisotopic (exact) mass is 497 g/mol. The number of aliphatic imine (C=N–C) groups is 1. The topological polar surface area (TPSA) is 154 Å². The van der Waals surface area contributed by atoms with Gasteiger partial charge in [-0.05, 0) is 54.4 Å². The van der Waals surface area contributed by atoms with Gasteiger partial charge in [0, 0.05) is 13.7 Å². The zero-order valence-electron chi connectivity index (χ0n) is 20.8. The molecule has 12 nitrogen and oxygen atoms in total. The molecule has 13 heteroatoms. The number of nitrogens with one attached hydrogen (secondary N) is 2. The van der Waals surface area contributed by atoms with Gasteiger partial charge in [0.2, 0.25) is 5.96 Å². The molecule has 0 spiro atoms. The van der Waals surface area contributed by atoms with Crippen molar-refractivity contribution in [1.82, 2.24) is 10.6 Å². The van der Waals surface area contributed by atoms with Crippen molar-refractivity contribution in [2.45, 2.75) is 78.4 Å². The molecular formula is C20H40N3O9P. The molecule has 0 bridgehead atoms. The maximum absolute atomic E-state index is 12.0. The number of phosphoric acid groups is 1. The highest BCUT2D eigenvalue weighted by atomic mass is 31.2. The van der Waals surface area contributed by atoms with Crippen molar-refractivity contribution >= 4 is 26.0 Å². The van der Waals surface area contributed by atoms with E-state index in [1.165, 1.54) is 7.11 Å². The molecule has 1 atom stereocenters. The van der Waals surface area contributed by atoms with Crippen LogP contribution >= 0.6 is 7.82 Å². The number of unbranched alkanes of at least 4 members (excludes halogenated alkanes) is 3. The Morgan fingerprint density at radius 2 is 1.33 bits per heavy atom. The molecule has 0 saturated carbocycles. The van der Waals surface area contributed by atoms with Crippen molar-refractivity contribution < 1.29 is 42.3 Å². The van der Waals surface area contributed by atoms with E-state index in [9.17, 15) is 14.2 Å². The minimum atomic E-state index is -3.63. The third-order valence-electron chi connectivity index (χ3n) is 3.37. The van der Waals surface area contributed by atoms with E-state index in [4.69, 9.17) is 28.2 Å². The van der Waals surface area contributed by atoms with E-state index in [0.29, 0.717) is 19.4 Å². The molecular weight excluding hydrogens is 457 g/mol. The van der Waals surface area contributed by atoms with Crippen LogP contribution in [0.5, 0.6) is 0 Å². The fraction of sp³-hybridized carbons (Fsp3) is 0.850. The van der Waals surface area contributed by atoms with E-state index < -0.39 is 31.2 Å². The minimum Gasteiger partial charge on any atom is -0.444 e. The number of carbonyl (C=O) groups is 2. The Hall–Kier alpha value is -1.72. The first-order valence-corrected chi connectivity index (χ1v) is 12.3. The van der Waals surface area contributed by atoms with Crippen LogP contribution in [0.2, 0.25) is 0 Å². The molecule has 33 heavy (non-hydrogen) atoms. The molecule has 0 saturated heterocycles. The zero-order valence-corrected chi connectivity index (χ0v) is 21.7. The lowest BCUT2D eigenvalue weighted by molar-refractivity contribution is 0.0544. The van der Waals surface area contributed by atoms with Crippen LogP contribution in [-0.2, 0) is 27.6 Å². The number of alkyl carbamates (subject to hydrolysis) is 2. The normalized spacial score (nSPS) is 13.6. The average molecular weight is 498 g/mol. The molecule has 2 amide bonds. The van der Waals surface area contributed by atoms with Crippen LogP contribution in [-0.4, -0.2) is 67.9 Å². The van der Waals surface area contributed by atoms with Gasteiger partial charge in [0.1, 0.15) is 11.2 Å². The maximum atomic E-state index is 12.0. The summed E-state index contributed by atoms with van der Waals surface area (Å²) >= 11 is 0. The first-order chi connectivity index (χ1) is 15.2. The summed E-state index contributed by atoms with van der Waals surface area (Å²) in [5.41, 5.74) is -1.42. The number of hydrogen-bond acceptors (Lipinski definition) is 10. The van der Waals surface area contributed by atoms with Crippen molar-refractivity contribution in [2.75, 3.05) is 33.5 Å². The lowest BCUT2D eigenvalue weighted by Crippen LogP contribution is -2.47. The van der Waals surface area contributed by atoms with Gasteiger partial charge < -0.3 is 14.6 Å². The smallest absolute Gasteiger partial charge is 0.444 e. The number of carbonyl (C=O) groups excluding carboxylic acids is 2. The summed E-state index contributed by atoms with van der Waals surface area (Å²) in [5, 5.41) is 13.6. The lowest BCUT2D eigenvalue weighted by atomic mass is 10.2. The second-order valence-electron chi connectivity index (χ2n) is 8.92. The predicted molar refractivity (Wildman–Crippen MR) is 123 cm³/mol. The van der Waals surface area contributed by atoms with E-state index in [1.807, 2.05) is 0 Å². The minimum absolute atomic E-state index is 0.0658. The summed E-state index contributed by atoms with van der Waals surface area (Å²) in [7, 11) is -2.42. The largest absolute Gasteiger partial charge is 0.474 e. The van der Waals surface area contributed by atoms with Gasteiger partial charge in [0.15, 0.2) is 0 Å². The fourth-order valence-corrected chi connectivity index (χ4v) is 3.08. The Morgan fingerprint density at radius 1 is 0.848 bits per heavy atom. The number of amides is 2. The van der Waals surface area contributed by atoms with Crippen molar-refractivity contribution in [3.63, 3.8) is 0 Å². The van der Waals surface area contributed by atoms with Crippen LogP contribution in [0.1, 0.15) is 67.2 Å². The number of nitrogens with zero attached hydrogens (tertiary/aromatic N) is 1. The molecule has 0 aromatic heterocycles. The standard InChI is InChI=1S/C20H40N3O9P/c1-19(2,3)31-17(25)22-16(23-18(26)32-20(4,5)6)21-12-10-8-9-11-14-29-33(27,28-7)30-15-13-24/h24H,8-15H2,1-7H3,(H2,21,22,23,25,26). The van der Waals surface area contributed by atoms with Crippen molar-refractivity contribution in [3.05, 3.63) is 0 Å². The lowest BCUT2D eigenvalue weighted by Gasteiger charge is -2.22. The van der Waals surface area contributed by atoms with E-state index >= 15 is 0 Å². The van der Waals surface area contributed by atoms with E-state index in [2.05, 4.69) is 15.6 Å². The molecule has 0 aliphatic rings. The Balaban J connectivity index is 4.55. The van der Waals surface area contributed by atoms with Crippen LogP contribution in [0, 0.1) is 0 Å². The van der Waals surface area contributed by atoms with E-state index in [1.54, 1.807) is 41.5 Å². The summed E-state index contributed by atoms with van der Waals surface area (Å²) in [6, 6.07) is 0. The molecule has 0 aromatic carbocycles. The Labute approximate surface area is 196 Å². The number of aliphatic hydroxyl groups is 1. The molecule has 0 heterocycles. The molecule has 0 fully saturated rings. The summed E-state index contributed by atoms with van der Waals surface area (Å²) in [6.45, 7) is 10.4. The van der Waals surface area contributed by atoms with Gasteiger partial charge in [0.05, 0.1) is 19.8 Å². The molecule has 1 unspecified atom stereocenters. The highest BCUT2D eigenvalue weighted by Crippen LogP contribution is 2.48. The Kier molecular flexibility index (Phi) is 14.4. The fourth-order valence-electron chi connectivity index (χ4n) is 2.14. The third-order valence-corrected chi connectivity index (χ3v) is 4.82. The number of rotatable bonds is 12. The van der Waals surface area contributed by atoms with Crippen LogP contribution < -0.4 is 10.6 Å². The first kappa shape index (κ1) is 31.3. The van der Waals surface area contributed by atoms with Crippen LogP contribution in [0.25, 0.3) is 0 Å². The second-order valence-corrected chi connectivity index (χ2v) is 10.7. The van der Waals surface area contributed by atoms with E-state index in [-0.39, 0.29) is 25.8 Å². The molecule has 0 rings (SSSR count). The predicted octanol–water partition coefficient (Wildman–Crippen LogP) is 3.73. The molecule has 0 aliphatic heterocycles. The molecule has 0 radical (unpaired) electrons. The van der Waals surface area contributed by atoms with Gasteiger partial charge in [0.25, 0.3) is 0 Å². The van der Waals surface area contributed by atoms with Crippen LogP contribution in [0.3, 0.4) is 0 Å². The van der Waals surface area contributed by atoms with Gasteiger partial charge in [-0.3, -0.25) is 29.2 Å². The molecule has 3 N–H and O–H groups in total. The maximum Gasteiger partial charge on any atom is 0.474 e. The van der Waals surface area contributed by atoms with Gasteiger partial charge in [-0.1, -0.05) is 12.8 Å². The zero-order chi connectivity index (χ0) is 25.5. The summed E-state index contributed by atoms with van der Waals surface area (Å²) in [6.07, 6.45) is 1.30. The molecule has 0 aromatic rings. The van der Waals surface area contributed by atoms with E-state index in [0.717, 1.165) is 12.8 Å². The van der Waals surface area contributed by atoms with Gasteiger partial charge >= 0.3 is 20.0 Å². The molecule has 194 valence electrons. The van der Waals surface area contributed by atoms with Crippen LogP contribution in [0.4, 0.5) is 9.59 Å². The van der Waals surface area contributed by atoms with Gasteiger partial charge in [-0.2, -0.15) is 0 Å². The average Bonchev–Trinajstić information content (AvgIpc) is 2.65. The third kappa shape index (κ3) is 18.4. The van der Waals surface area contributed by atoms with Crippen LogP contribution in [0.15, 0.2) is 4.99 Å². The molecule has 0 aliphatic carbocycles. The van der Waals surface area contributed by atoms with Crippen molar-refractivity contribution in [3.8, 4) is 0 Å². The summed E-state index contributed by atoms with van der Waals surface area (Å²) in [5.74, 6) is -0.0658. The Morgan fingerprint density at radius 3 is 1.79 bits per heavy atom. The SMILES string of the molecule is COP(=O)(OCCO)OCCCCCCN=C(NC(=O)OC(C)(C)C)NC(=O)OC(C)(C)C. The summed E-state index contributed by atoms with van der Waals surface area (Å²) in [4.78, 5) is 28.3. The first-order valence-electron chi connectivity index (χ1n) is 10.8. The highest BCUT2D eigenvalue weighted by Gasteiger charge is 2.24. The number of hydrogen-bond donors (Lipinski definition) is 3. The van der Waals surface area contributed by atoms with Crippen molar-refractivity contribution in [1.29, 1.82) is 0 Å². The summed E-state index contributed by atoms with van der Waals surface area (Å²) < 4.78 is 37.1. The number of phosphoric ester groups is 1. The quantitative estimate of drug-likeness (QED) is 0.158. The second kappa shape index (κ2) is 15.2. The van der Waals surface area contributed by atoms with Crippen molar-refractivity contribution in [2.24, 2.45) is 4.99 Å². The highest BCUT2D eigenvalue weighted by molar-refractivity contribution is 7.48. The van der Waals surface area contributed by atoms with Gasteiger partial charge in [-0.15, -0.1) is 0 Å². The Bertz CT molecular complexity index is 641.